The molecule has 2 aliphatic heterocycles. The smallest absolute Gasteiger partial charge is 0.340 e. The van der Waals surface area contributed by atoms with Gasteiger partial charge >= 0.3 is 5.97 Å². The number of rotatable bonds is 7. The number of carbonyl (C=O) groups excluding carboxylic acids is 1. The summed E-state index contributed by atoms with van der Waals surface area (Å²) in [7, 11) is 0. The first-order valence-corrected chi connectivity index (χ1v) is 18.1. The number of hydrogen-bond donors (Lipinski definition) is 1. The van der Waals surface area contributed by atoms with E-state index < -0.39 is 17.7 Å². The van der Waals surface area contributed by atoms with Gasteiger partial charge in [0.15, 0.2) is 17.5 Å². The van der Waals surface area contributed by atoms with Crippen LogP contribution in [0.4, 0.5) is 11.5 Å². The molecule has 51 heavy (non-hydrogen) atoms. The number of hydrogen-bond acceptors (Lipinski definition) is 9. The van der Waals surface area contributed by atoms with Gasteiger partial charge < -0.3 is 28.7 Å². The Morgan fingerprint density at radius 1 is 1.00 bits per heavy atom. The molecule has 0 radical (unpaired) electrons. The third-order valence-corrected chi connectivity index (χ3v) is 10.1. The van der Waals surface area contributed by atoms with Crippen LogP contribution in [0, 0.1) is 12.3 Å². The fourth-order valence-electron chi connectivity index (χ4n) is 7.47. The van der Waals surface area contributed by atoms with Gasteiger partial charge in [-0.1, -0.05) is 44.2 Å². The standard InChI is InChI=1S/C41H49N5O5/c1-24(2)49-39(48)35(51-40(4,5)6)31-25(3)44-38(47)32(34(31)45-19-16-41(7,8)17-20-45)27-13-14-28-22-46(18-15-26(28)21-27)37-36-33(42-23-43-37)29-11-9-10-12-30(29)50-36/h9-14,21,23-24,35H,15-20,22H2,1-8H3,(H,44,47)/t35-/m0/s1. The Kier molecular flexibility index (Phi) is 8.94. The molecule has 0 amide bonds. The van der Waals surface area contributed by atoms with E-state index in [1.165, 1.54) is 5.56 Å². The summed E-state index contributed by atoms with van der Waals surface area (Å²) in [4.78, 5) is 44.9. The minimum atomic E-state index is -1.03. The van der Waals surface area contributed by atoms with Crippen LogP contribution in [0.5, 0.6) is 0 Å². The van der Waals surface area contributed by atoms with E-state index in [0.29, 0.717) is 28.9 Å². The molecule has 2 aliphatic rings. The van der Waals surface area contributed by atoms with Gasteiger partial charge in [-0.2, -0.15) is 0 Å². The summed E-state index contributed by atoms with van der Waals surface area (Å²) >= 11 is 0. The van der Waals surface area contributed by atoms with Crippen LogP contribution < -0.4 is 15.4 Å². The number of aryl methyl sites for hydroxylation is 1. The van der Waals surface area contributed by atoms with E-state index in [4.69, 9.17) is 13.9 Å². The number of benzene rings is 2. The summed E-state index contributed by atoms with van der Waals surface area (Å²) < 4.78 is 18.6. The lowest BCUT2D eigenvalue weighted by Gasteiger charge is -2.41. The van der Waals surface area contributed by atoms with Crippen molar-refractivity contribution in [2.24, 2.45) is 5.41 Å². The van der Waals surface area contributed by atoms with E-state index in [2.05, 4.69) is 50.7 Å². The van der Waals surface area contributed by atoms with Crippen LogP contribution >= 0.6 is 0 Å². The quantitative estimate of drug-likeness (QED) is 0.169. The van der Waals surface area contributed by atoms with E-state index in [1.54, 1.807) is 6.33 Å². The van der Waals surface area contributed by atoms with Gasteiger partial charge in [0, 0.05) is 42.8 Å². The molecule has 1 N–H and O–H groups in total. The van der Waals surface area contributed by atoms with Crippen molar-refractivity contribution in [3.05, 3.63) is 81.5 Å². The molecule has 1 saturated heterocycles. The van der Waals surface area contributed by atoms with Crippen LogP contribution in [0.2, 0.25) is 0 Å². The van der Waals surface area contributed by atoms with Crippen molar-refractivity contribution in [2.75, 3.05) is 29.4 Å². The number of H-pyrrole nitrogens is 1. The predicted molar refractivity (Wildman–Crippen MR) is 201 cm³/mol. The molecule has 10 nitrogen and oxygen atoms in total. The Morgan fingerprint density at radius 3 is 2.47 bits per heavy atom. The van der Waals surface area contributed by atoms with Crippen LogP contribution in [0.1, 0.15) is 89.8 Å². The molecule has 268 valence electrons. The van der Waals surface area contributed by atoms with E-state index in [0.717, 1.165) is 78.0 Å². The second kappa shape index (κ2) is 13.1. The number of ether oxygens (including phenoxy) is 2. The van der Waals surface area contributed by atoms with Crippen LogP contribution in [0.15, 0.2) is 58.0 Å². The number of aromatic amines is 1. The molecule has 1 atom stereocenters. The summed E-state index contributed by atoms with van der Waals surface area (Å²) in [6, 6.07) is 14.2. The Hall–Kier alpha value is -4.70. The molecular formula is C41H49N5O5. The largest absolute Gasteiger partial charge is 0.461 e. The molecule has 10 heteroatoms. The predicted octanol–water partition coefficient (Wildman–Crippen LogP) is 8.04. The molecule has 5 aromatic rings. The van der Waals surface area contributed by atoms with Crippen molar-refractivity contribution in [1.29, 1.82) is 0 Å². The fraction of sp³-hybridized carbons (Fsp3) is 0.463. The molecule has 0 bridgehead atoms. The van der Waals surface area contributed by atoms with E-state index >= 15 is 0 Å². The monoisotopic (exact) mass is 691 g/mol. The van der Waals surface area contributed by atoms with E-state index in [9.17, 15) is 9.59 Å². The summed E-state index contributed by atoms with van der Waals surface area (Å²) in [6.07, 6.45) is 2.94. The number of pyridine rings is 1. The van der Waals surface area contributed by atoms with Crippen LogP contribution in [0.25, 0.3) is 33.2 Å². The van der Waals surface area contributed by atoms with Gasteiger partial charge in [0.1, 0.15) is 17.4 Å². The SMILES string of the molecule is Cc1[nH]c(=O)c(-c2ccc3c(c2)CCN(c2ncnc4c2oc2ccccc24)C3)c(N2CCC(C)(C)CC2)c1[C@H](OC(C)(C)C)C(=O)OC(C)C. The molecule has 2 aromatic carbocycles. The first kappa shape index (κ1) is 34.7. The maximum absolute atomic E-state index is 14.2. The number of aromatic nitrogens is 3. The Balaban J connectivity index is 1.32. The number of furan rings is 1. The van der Waals surface area contributed by atoms with E-state index in [-0.39, 0.29) is 17.1 Å². The number of nitrogens with one attached hydrogen (secondary N) is 1. The minimum Gasteiger partial charge on any atom is -0.461 e. The zero-order valence-corrected chi connectivity index (χ0v) is 31.1. The zero-order valence-electron chi connectivity index (χ0n) is 31.1. The van der Waals surface area contributed by atoms with Crippen molar-refractivity contribution in [3.8, 4) is 11.1 Å². The Bertz CT molecular complexity index is 2170. The average molecular weight is 692 g/mol. The van der Waals surface area contributed by atoms with Crippen LogP contribution in [-0.4, -0.2) is 52.3 Å². The highest BCUT2D eigenvalue weighted by Gasteiger charge is 2.38. The highest BCUT2D eigenvalue weighted by molar-refractivity contribution is 6.05. The molecule has 0 aliphatic carbocycles. The molecule has 0 unspecified atom stereocenters. The number of carbonyl (C=O) groups is 1. The van der Waals surface area contributed by atoms with Gasteiger partial charge in [-0.25, -0.2) is 14.8 Å². The number of esters is 1. The summed E-state index contributed by atoms with van der Waals surface area (Å²) in [5.74, 6) is 0.312. The summed E-state index contributed by atoms with van der Waals surface area (Å²) in [5, 5.41) is 0.974. The maximum Gasteiger partial charge on any atom is 0.340 e. The van der Waals surface area contributed by atoms with Gasteiger partial charge in [-0.15, -0.1) is 0 Å². The number of fused-ring (bicyclic) bond motifs is 4. The maximum atomic E-state index is 14.2. The minimum absolute atomic E-state index is 0.181. The highest BCUT2D eigenvalue weighted by atomic mass is 16.6. The lowest BCUT2D eigenvalue weighted by Crippen LogP contribution is -2.40. The van der Waals surface area contributed by atoms with Crippen LogP contribution in [-0.2, 0) is 27.2 Å². The van der Waals surface area contributed by atoms with Gasteiger partial charge in [0.2, 0.25) is 0 Å². The Labute approximate surface area is 299 Å². The van der Waals surface area contributed by atoms with Crippen molar-refractivity contribution >= 4 is 39.5 Å². The first-order chi connectivity index (χ1) is 24.2. The van der Waals surface area contributed by atoms with Gasteiger partial charge in [0.05, 0.1) is 23.0 Å². The van der Waals surface area contributed by atoms with Crippen molar-refractivity contribution in [1.82, 2.24) is 15.0 Å². The average Bonchev–Trinajstić information content (AvgIpc) is 3.45. The number of nitrogens with zero attached hydrogens (tertiary/aromatic N) is 4. The molecule has 0 saturated carbocycles. The molecule has 3 aromatic heterocycles. The molecule has 0 spiro atoms. The van der Waals surface area contributed by atoms with Gasteiger partial charge in [-0.3, -0.25) is 4.79 Å². The van der Waals surface area contributed by atoms with Gasteiger partial charge in [-0.05, 0) is 95.0 Å². The van der Waals surface area contributed by atoms with Crippen molar-refractivity contribution in [3.63, 3.8) is 0 Å². The van der Waals surface area contributed by atoms with Crippen LogP contribution in [0.3, 0.4) is 0 Å². The second-order valence-electron chi connectivity index (χ2n) is 16.1. The third-order valence-electron chi connectivity index (χ3n) is 10.1. The molecule has 5 heterocycles. The first-order valence-electron chi connectivity index (χ1n) is 18.1. The molecule has 1 fully saturated rings. The van der Waals surface area contributed by atoms with Crippen molar-refractivity contribution < 1.29 is 18.7 Å². The lowest BCUT2D eigenvalue weighted by atomic mass is 9.82. The molecule has 7 rings (SSSR count). The number of anilines is 2. The summed E-state index contributed by atoms with van der Waals surface area (Å²) in [6.45, 7) is 18.8. The zero-order chi connectivity index (χ0) is 36.2. The highest BCUT2D eigenvalue weighted by Crippen LogP contribution is 2.43. The number of para-hydroxylation sites is 1. The summed E-state index contributed by atoms with van der Waals surface area (Å²) in [5.41, 5.74) is 7.36. The Morgan fingerprint density at radius 2 is 1.75 bits per heavy atom. The number of piperidine rings is 1. The molecular weight excluding hydrogens is 642 g/mol. The topological polar surface area (TPSA) is 114 Å². The fourth-order valence-corrected chi connectivity index (χ4v) is 7.47. The van der Waals surface area contributed by atoms with Crippen molar-refractivity contribution in [2.45, 2.75) is 99.0 Å². The van der Waals surface area contributed by atoms with Gasteiger partial charge in [0.25, 0.3) is 5.56 Å². The third kappa shape index (κ3) is 6.86. The van der Waals surface area contributed by atoms with E-state index in [1.807, 2.05) is 71.9 Å². The normalized spacial score (nSPS) is 16.9. The second-order valence-corrected chi connectivity index (χ2v) is 16.1. The lowest BCUT2D eigenvalue weighted by molar-refractivity contribution is -0.171.